The number of aryl methyl sites for hydroxylation is 1. The maximum absolute atomic E-state index is 11.7. The van der Waals surface area contributed by atoms with Crippen molar-refractivity contribution in [3.8, 4) is 0 Å². The molecule has 0 bridgehead atoms. The van der Waals surface area contributed by atoms with Crippen LogP contribution in [0.5, 0.6) is 0 Å². The van der Waals surface area contributed by atoms with Crippen molar-refractivity contribution in [2.75, 3.05) is 6.54 Å². The number of carbonyl (C=O) groups excluding carboxylic acids is 1. The number of hydrogen-bond donors (Lipinski definition) is 2. The molecule has 1 aromatic rings. The van der Waals surface area contributed by atoms with Crippen LogP contribution in [0.1, 0.15) is 63.0 Å². The average Bonchev–Trinajstić information content (AvgIpc) is 2.48. The number of amides is 1. The summed E-state index contributed by atoms with van der Waals surface area (Å²) in [6.45, 7) is 4.96. The van der Waals surface area contributed by atoms with Gasteiger partial charge < -0.3 is 10.4 Å². The molecule has 22 heavy (non-hydrogen) atoms. The smallest absolute Gasteiger partial charge is 0.303 e. The van der Waals surface area contributed by atoms with Crippen molar-refractivity contribution in [1.82, 2.24) is 5.32 Å². The fraction of sp³-hybridized carbons (Fsp3) is 0.556. The Labute approximate surface area is 132 Å². The Bertz CT molecular complexity index is 466. The van der Waals surface area contributed by atoms with Crippen LogP contribution in [0.4, 0.5) is 0 Å². The standard InChI is InChI=1S/C18H27NO3/c1-14(2)16-10-7-15(8-11-16)9-12-17(20)19-13-5-3-4-6-18(21)22/h7-8,10-11,14H,3-6,9,12-13H2,1-2H3,(H,19,20)(H,21,22). The highest BCUT2D eigenvalue weighted by atomic mass is 16.4. The molecule has 0 saturated carbocycles. The van der Waals surface area contributed by atoms with Gasteiger partial charge in [-0.25, -0.2) is 0 Å². The highest BCUT2D eigenvalue weighted by Crippen LogP contribution is 2.15. The summed E-state index contributed by atoms with van der Waals surface area (Å²) >= 11 is 0. The summed E-state index contributed by atoms with van der Waals surface area (Å²) in [6.07, 6.45) is 3.80. The summed E-state index contributed by atoms with van der Waals surface area (Å²) in [5.41, 5.74) is 2.50. The van der Waals surface area contributed by atoms with E-state index in [1.165, 1.54) is 11.1 Å². The molecule has 0 aliphatic rings. The van der Waals surface area contributed by atoms with Gasteiger partial charge in [-0.3, -0.25) is 9.59 Å². The molecule has 0 heterocycles. The van der Waals surface area contributed by atoms with Crippen LogP contribution in [0.15, 0.2) is 24.3 Å². The lowest BCUT2D eigenvalue weighted by Gasteiger charge is -2.07. The minimum Gasteiger partial charge on any atom is -0.481 e. The molecule has 0 atom stereocenters. The van der Waals surface area contributed by atoms with Crippen molar-refractivity contribution < 1.29 is 14.7 Å². The van der Waals surface area contributed by atoms with E-state index in [1.807, 2.05) is 0 Å². The third-order valence-corrected chi connectivity index (χ3v) is 3.68. The summed E-state index contributed by atoms with van der Waals surface area (Å²) in [5.74, 6) is -0.169. The van der Waals surface area contributed by atoms with E-state index in [1.54, 1.807) is 0 Å². The number of carboxylic acid groups (broad SMARTS) is 1. The SMILES string of the molecule is CC(C)c1ccc(CCC(=O)NCCCCCC(=O)O)cc1. The van der Waals surface area contributed by atoms with Crippen LogP contribution in [0, 0.1) is 0 Å². The molecule has 0 radical (unpaired) electrons. The minimum absolute atomic E-state index is 0.0613. The van der Waals surface area contributed by atoms with Crippen molar-refractivity contribution in [2.24, 2.45) is 0 Å². The number of hydrogen-bond acceptors (Lipinski definition) is 2. The Kier molecular flexibility index (Phi) is 8.26. The van der Waals surface area contributed by atoms with Gasteiger partial charge in [0.25, 0.3) is 0 Å². The van der Waals surface area contributed by atoms with Crippen LogP contribution in [0.3, 0.4) is 0 Å². The Morgan fingerprint density at radius 3 is 2.32 bits per heavy atom. The van der Waals surface area contributed by atoms with Gasteiger partial charge in [-0.15, -0.1) is 0 Å². The first kappa shape index (κ1) is 18.2. The first-order valence-electron chi connectivity index (χ1n) is 8.06. The Morgan fingerprint density at radius 2 is 1.73 bits per heavy atom. The lowest BCUT2D eigenvalue weighted by Crippen LogP contribution is -2.24. The predicted molar refractivity (Wildman–Crippen MR) is 88.0 cm³/mol. The fourth-order valence-electron chi connectivity index (χ4n) is 2.22. The van der Waals surface area contributed by atoms with Crippen molar-refractivity contribution in [2.45, 2.75) is 58.3 Å². The van der Waals surface area contributed by atoms with E-state index in [2.05, 4.69) is 43.4 Å². The molecule has 0 spiro atoms. The van der Waals surface area contributed by atoms with Crippen LogP contribution in [-0.4, -0.2) is 23.5 Å². The van der Waals surface area contributed by atoms with Gasteiger partial charge in [0.05, 0.1) is 0 Å². The Balaban J connectivity index is 2.13. The number of carbonyl (C=O) groups is 2. The predicted octanol–water partition coefficient (Wildman–Crippen LogP) is 3.50. The van der Waals surface area contributed by atoms with Gasteiger partial charge in [-0.05, 0) is 36.3 Å². The summed E-state index contributed by atoms with van der Waals surface area (Å²) in [6, 6.07) is 8.43. The second-order valence-corrected chi connectivity index (χ2v) is 5.95. The van der Waals surface area contributed by atoms with E-state index in [4.69, 9.17) is 5.11 Å². The molecule has 1 amide bonds. The van der Waals surface area contributed by atoms with E-state index < -0.39 is 5.97 Å². The topological polar surface area (TPSA) is 66.4 Å². The van der Waals surface area contributed by atoms with E-state index in [9.17, 15) is 9.59 Å². The van der Waals surface area contributed by atoms with Crippen molar-refractivity contribution >= 4 is 11.9 Å². The van der Waals surface area contributed by atoms with E-state index >= 15 is 0 Å². The molecule has 0 fully saturated rings. The van der Waals surface area contributed by atoms with E-state index in [0.29, 0.717) is 25.3 Å². The van der Waals surface area contributed by atoms with Gasteiger partial charge in [-0.2, -0.15) is 0 Å². The van der Waals surface area contributed by atoms with Gasteiger partial charge in [0.15, 0.2) is 0 Å². The first-order chi connectivity index (χ1) is 10.5. The third-order valence-electron chi connectivity index (χ3n) is 3.68. The molecule has 0 aliphatic heterocycles. The minimum atomic E-state index is -0.757. The highest BCUT2D eigenvalue weighted by Gasteiger charge is 2.03. The normalized spacial score (nSPS) is 10.7. The second kappa shape index (κ2) is 9.98. The van der Waals surface area contributed by atoms with E-state index in [0.717, 1.165) is 19.3 Å². The van der Waals surface area contributed by atoms with Crippen LogP contribution < -0.4 is 5.32 Å². The molecule has 1 rings (SSSR count). The van der Waals surface area contributed by atoms with E-state index in [-0.39, 0.29) is 12.3 Å². The van der Waals surface area contributed by atoms with Gasteiger partial charge in [0, 0.05) is 19.4 Å². The molecule has 0 saturated heterocycles. The maximum Gasteiger partial charge on any atom is 0.303 e. The molecule has 1 aromatic carbocycles. The number of aliphatic carboxylic acids is 1. The molecule has 2 N–H and O–H groups in total. The van der Waals surface area contributed by atoms with Crippen LogP contribution in [0.25, 0.3) is 0 Å². The van der Waals surface area contributed by atoms with Crippen molar-refractivity contribution in [1.29, 1.82) is 0 Å². The molecule has 4 nitrogen and oxygen atoms in total. The zero-order valence-corrected chi connectivity index (χ0v) is 13.6. The lowest BCUT2D eigenvalue weighted by atomic mass is 10.0. The summed E-state index contributed by atoms with van der Waals surface area (Å²) in [5, 5.41) is 11.4. The number of benzene rings is 1. The largest absolute Gasteiger partial charge is 0.481 e. The monoisotopic (exact) mass is 305 g/mol. The van der Waals surface area contributed by atoms with Crippen molar-refractivity contribution in [3.63, 3.8) is 0 Å². The second-order valence-electron chi connectivity index (χ2n) is 5.95. The molecule has 0 aromatic heterocycles. The van der Waals surface area contributed by atoms with Gasteiger partial charge in [0.2, 0.25) is 5.91 Å². The Hall–Kier alpha value is -1.84. The zero-order chi connectivity index (χ0) is 16.4. The van der Waals surface area contributed by atoms with Gasteiger partial charge in [0.1, 0.15) is 0 Å². The number of carboxylic acids is 1. The quantitative estimate of drug-likeness (QED) is 0.650. The van der Waals surface area contributed by atoms with Crippen molar-refractivity contribution in [3.05, 3.63) is 35.4 Å². The molecule has 0 aliphatic carbocycles. The molecule has 122 valence electrons. The summed E-state index contributed by atoms with van der Waals surface area (Å²) in [7, 11) is 0. The molecular formula is C18H27NO3. The van der Waals surface area contributed by atoms with Gasteiger partial charge >= 0.3 is 5.97 Å². The van der Waals surface area contributed by atoms with Crippen LogP contribution >= 0.6 is 0 Å². The van der Waals surface area contributed by atoms with Gasteiger partial charge in [-0.1, -0.05) is 44.5 Å². The molecule has 4 heteroatoms. The van der Waals surface area contributed by atoms with Crippen LogP contribution in [0.2, 0.25) is 0 Å². The number of rotatable bonds is 10. The average molecular weight is 305 g/mol. The third kappa shape index (κ3) is 7.81. The fourth-order valence-corrected chi connectivity index (χ4v) is 2.22. The zero-order valence-electron chi connectivity index (χ0n) is 13.6. The number of unbranched alkanes of at least 4 members (excludes halogenated alkanes) is 2. The first-order valence-corrected chi connectivity index (χ1v) is 8.06. The summed E-state index contributed by atoms with van der Waals surface area (Å²) in [4.78, 5) is 22.1. The molecule has 0 unspecified atom stereocenters. The lowest BCUT2D eigenvalue weighted by molar-refractivity contribution is -0.137. The van der Waals surface area contributed by atoms with Crippen LogP contribution in [-0.2, 0) is 16.0 Å². The highest BCUT2D eigenvalue weighted by molar-refractivity contribution is 5.76. The summed E-state index contributed by atoms with van der Waals surface area (Å²) < 4.78 is 0. The Morgan fingerprint density at radius 1 is 1.05 bits per heavy atom. The number of nitrogens with one attached hydrogen (secondary N) is 1. The molecular weight excluding hydrogens is 278 g/mol. The maximum atomic E-state index is 11.7.